The lowest BCUT2D eigenvalue weighted by Crippen LogP contribution is -2.03. The number of rotatable bonds is 4. The van der Waals surface area contributed by atoms with E-state index in [1.807, 2.05) is 78.9 Å². The van der Waals surface area contributed by atoms with Gasteiger partial charge in [0.1, 0.15) is 0 Å². The summed E-state index contributed by atoms with van der Waals surface area (Å²) in [7, 11) is 0. The number of nitrogens with zero attached hydrogens (tertiary/aromatic N) is 2. The average molecular weight is 378 g/mol. The smallest absolute Gasteiger partial charge is 0.199 e. The molecule has 5 rings (SSSR count). The second kappa shape index (κ2) is 7.13. The molecule has 2 heterocycles. The molecule has 3 N–H and O–H groups in total. The van der Waals surface area contributed by atoms with Gasteiger partial charge in [0.05, 0.1) is 35.2 Å². The summed E-state index contributed by atoms with van der Waals surface area (Å²) in [5, 5.41) is 11.7. The topological polar surface area (TPSA) is 77.1 Å². The molecule has 0 spiro atoms. The van der Waals surface area contributed by atoms with Crippen LogP contribution in [0.2, 0.25) is 0 Å². The quantitative estimate of drug-likeness (QED) is 0.365. The summed E-state index contributed by atoms with van der Waals surface area (Å²) in [5.41, 5.74) is 5.80. The molecular weight excluding hydrogens is 360 g/mol. The van der Waals surface area contributed by atoms with Crippen molar-refractivity contribution in [1.82, 2.24) is 15.0 Å². The monoisotopic (exact) mass is 378 g/mol. The zero-order valence-electron chi connectivity index (χ0n) is 15.5. The summed E-state index contributed by atoms with van der Waals surface area (Å²) in [6.45, 7) is 0. The number of aromatic nitrogens is 3. The minimum absolute atomic E-state index is 0.104. The van der Waals surface area contributed by atoms with Gasteiger partial charge in [-0.3, -0.25) is 0 Å². The van der Waals surface area contributed by atoms with Crippen LogP contribution >= 0.6 is 0 Å². The van der Waals surface area contributed by atoms with Crippen LogP contribution in [0.25, 0.3) is 22.2 Å². The normalized spacial score (nSPS) is 11.8. The molecule has 5 heteroatoms. The van der Waals surface area contributed by atoms with Gasteiger partial charge in [-0.1, -0.05) is 66.7 Å². The molecule has 0 saturated heterocycles. The summed E-state index contributed by atoms with van der Waals surface area (Å²) < 4.78 is 0. The number of hydrogen-bond acceptors (Lipinski definition) is 3. The van der Waals surface area contributed by atoms with Crippen molar-refractivity contribution in [2.24, 2.45) is 4.99 Å². The molecule has 5 aromatic rings. The number of aromatic amines is 2. The van der Waals surface area contributed by atoms with Gasteiger partial charge in [-0.25, -0.2) is 9.98 Å². The Hall–Kier alpha value is -4.12. The van der Waals surface area contributed by atoms with E-state index in [0.717, 1.165) is 33.4 Å². The van der Waals surface area contributed by atoms with E-state index in [1.54, 1.807) is 12.5 Å². The molecule has 0 radical (unpaired) electrons. The zero-order valence-corrected chi connectivity index (χ0v) is 15.5. The van der Waals surface area contributed by atoms with Crippen molar-refractivity contribution in [1.29, 1.82) is 0 Å². The minimum Gasteiger partial charge on any atom is -0.494 e. The lowest BCUT2D eigenvalue weighted by molar-refractivity contribution is 0.457. The Balaban J connectivity index is 1.79. The van der Waals surface area contributed by atoms with Crippen LogP contribution in [-0.2, 0) is 0 Å². The van der Waals surface area contributed by atoms with E-state index < -0.39 is 0 Å². The van der Waals surface area contributed by atoms with Crippen LogP contribution in [0.3, 0.4) is 0 Å². The highest BCUT2D eigenvalue weighted by molar-refractivity contribution is 6.22. The van der Waals surface area contributed by atoms with Crippen molar-refractivity contribution in [2.75, 3.05) is 0 Å². The van der Waals surface area contributed by atoms with E-state index in [0.29, 0.717) is 11.3 Å². The number of H-pyrrole nitrogens is 2. The van der Waals surface area contributed by atoms with E-state index in [-0.39, 0.29) is 5.88 Å². The van der Waals surface area contributed by atoms with Crippen LogP contribution in [0.1, 0.15) is 11.1 Å². The number of aliphatic imine (C=N–C) groups is 1. The van der Waals surface area contributed by atoms with Gasteiger partial charge in [0.2, 0.25) is 0 Å². The van der Waals surface area contributed by atoms with Crippen molar-refractivity contribution in [2.45, 2.75) is 0 Å². The van der Waals surface area contributed by atoms with Crippen molar-refractivity contribution < 1.29 is 5.11 Å². The van der Waals surface area contributed by atoms with Crippen LogP contribution < -0.4 is 0 Å². The molecule has 0 aliphatic heterocycles. The minimum atomic E-state index is 0.104. The van der Waals surface area contributed by atoms with Gasteiger partial charge in [-0.05, 0) is 12.1 Å². The van der Waals surface area contributed by atoms with E-state index in [9.17, 15) is 5.11 Å². The molecule has 3 aromatic carbocycles. The maximum atomic E-state index is 10.7. The maximum Gasteiger partial charge on any atom is 0.199 e. The number of benzene rings is 3. The number of hydrogen-bond donors (Lipinski definition) is 3. The van der Waals surface area contributed by atoms with E-state index >= 15 is 0 Å². The molecule has 0 saturated carbocycles. The molecule has 140 valence electrons. The first-order valence-electron chi connectivity index (χ1n) is 9.33. The van der Waals surface area contributed by atoms with Gasteiger partial charge in [0.25, 0.3) is 0 Å². The van der Waals surface area contributed by atoms with Crippen LogP contribution in [0.5, 0.6) is 5.88 Å². The summed E-state index contributed by atoms with van der Waals surface area (Å²) in [6.07, 6.45) is 3.43. The van der Waals surface area contributed by atoms with Crippen LogP contribution in [0, 0.1) is 0 Å². The fourth-order valence-corrected chi connectivity index (χ4v) is 3.55. The molecule has 0 amide bonds. The van der Waals surface area contributed by atoms with Crippen LogP contribution in [0.15, 0.2) is 96.4 Å². The number of aromatic hydroxyl groups is 1. The van der Waals surface area contributed by atoms with Gasteiger partial charge >= 0.3 is 0 Å². The molecular formula is C24H18N4O. The van der Waals surface area contributed by atoms with Crippen molar-refractivity contribution in [3.8, 4) is 17.1 Å². The third-order valence-electron chi connectivity index (χ3n) is 4.90. The predicted molar refractivity (Wildman–Crippen MR) is 116 cm³/mol. The molecule has 0 atom stereocenters. The predicted octanol–water partition coefficient (Wildman–Crippen LogP) is 5.43. The first-order valence-corrected chi connectivity index (χ1v) is 9.33. The second-order valence-corrected chi connectivity index (χ2v) is 6.70. The Morgan fingerprint density at radius 3 is 2.45 bits per heavy atom. The Kier molecular flexibility index (Phi) is 4.18. The summed E-state index contributed by atoms with van der Waals surface area (Å²) in [6, 6.07) is 25.6. The fourth-order valence-electron chi connectivity index (χ4n) is 3.55. The number of nitrogens with one attached hydrogen (secondary N) is 2. The van der Waals surface area contributed by atoms with Gasteiger partial charge < -0.3 is 15.1 Å². The molecule has 0 aliphatic rings. The van der Waals surface area contributed by atoms with Crippen LogP contribution in [-0.4, -0.2) is 25.8 Å². The van der Waals surface area contributed by atoms with E-state index in [2.05, 4.69) is 15.0 Å². The molecule has 29 heavy (non-hydrogen) atoms. The Bertz CT molecular complexity index is 1300. The standard InChI is InChI=1S/C24H18N4O/c29-24-22(18-11-5-7-13-20(18)28-24)23(16-8-2-1-3-9-16)27-19-12-6-4-10-17(19)21-14-25-15-26-21/h1-15,28-29H,(H,25,26). The highest BCUT2D eigenvalue weighted by Crippen LogP contribution is 2.34. The van der Waals surface area contributed by atoms with Crippen molar-refractivity contribution in [3.63, 3.8) is 0 Å². The highest BCUT2D eigenvalue weighted by Gasteiger charge is 2.19. The molecule has 0 fully saturated rings. The molecule has 0 aliphatic carbocycles. The molecule has 5 nitrogen and oxygen atoms in total. The van der Waals surface area contributed by atoms with Crippen molar-refractivity contribution >= 4 is 22.3 Å². The Labute approximate surface area is 167 Å². The van der Waals surface area contributed by atoms with Crippen LogP contribution in [0.4, 0.5) is 5.69 Å². The fraction of sp³-hybridized carbons (Fsp3) is 0. The zero-order chi connectivity index (χ0) is 19.6. The summed E-state index contributed by atoms with van der Waals surface area (Å²) in [5.74, 6) is 0.104. The Morgan fingerprint density at radius 1 is 0.862 bits per heavy atom. The summed E-state index contributed by atoms with van der Waals surface area (Å²) >= 11 is 0. The summed E-state index contributed by atoms with van der Waals surface area (Å²) in [4.78, 5) is 15.4. The van der Waals surface area contributed by atoms with Gasteiger partial charge in [-0.15, -0.1) is 0 Å². The van der Waals surface area contributed by atoms with Crippen molar-refractivity contribution in [3.05, 3.63) is 103 Å². The highest BCUT2D eigenvalue weighted by atomic mass is 16.3. The molecule has 2 aromatic heterocycles. The number of imidazole rings is 1. The average Bonchev–Trinajstić information content (AvgIpc) is 3.40. The first kappa shape index (κ1) is 17.0. The molecule has 0 unspecified atom stereocenters. The van der Waals surface area contributed by atoms with Gasteiger partial charge in [0, 0.05) is 22.0 Å². The van der Waals surface area contributed by atoms with E-state index in [1.165, 1.54) is 0 Å². The number of fused-ring (bicyclic) bond motifs is 1. The lowest BCUT2D eigenvalue weighted by atomic mass is 10.0. The van der Waals surface area contributed by atoms with E-state index in [4.69, 9.17) is 4.99 Å². The molecule has 0 bridgehead atoms. The SMILES string of the molecule is Oc1[nH]c2ccccc2c1C(=Nc1ccccc1-c1cnc[nH]1)c1ccccc1. The van der Waals surface area contributed by atoms with Gasteiger partial charge in [0.15, 0.2) is 5.88 Å². The van der Waals surface area contributed by atoms with Gasteiger partial charge in [-0.2, -0.15) is 0 Å². The third kappa shape index (κ3) is 3.08. The third-order valence-corrected chi connectivity index (χ3v) is 4.90. The largest absolute Gasteiger partial charge is 0.494 e. The maximum absolute atomic E-state index is 10.7. The lowest BCUT2D eigenvalue weighted by Gasteiger charge is -2.10. The first-order chi connectivity index (χ1) is 14.3. The Morgan fingerprint density at radius 2 is 1.62 bits per heavy atom. The second-order valence-electron chi connectivity index (χ2n) is 6.70. The number of para-hydroxylation sites is 2.